The van der Waals surface area contributed by atoms with E-state index in [4.69, 9.17) is 4.74 Å². The highest BCUT2D eigenvalue weighted by molar-refractivity contribution is 5.85. The molecule has 5 heteroatoms. The van der Waals surface area contributed by atoms with E-state index in [-0.39, 0.29) is 12.4 Å². The number of aromatic nitrogens is 2. The summed E-state index contributed by atoms with van der Waals surface area (Å²) in [6.45, 7) is 4.69. The van der Waals surface area contributed by atoms with Gasteiger partial charge in [0.15, 0.2) is 0 Å². The van der Waals surface area contributed by atoms with Gasteiger partial charge in [-0.3, -0.25) is 4.68 Å². The highest BCUT2D eigenvalue weighted by Gasteiger charge is 2.02. The lowest BCUT2D eigenvalue weighted by Gasteiger charge is -2.08. The molecule has 110 valence electrons. The smallest absolute Gasteiger partial charge is 0.123 e. The molecule has 0 amide bonds. The van der Waals surface area contributed by atoms with Crippen molar-refractivity contribution in [2.24, 2.45) is 0 Å². The number of benzene rings is 1. The Morgan fingerprint density at radius 3 is 2.75 bits per heavy atom. The zero-order valence-corrected chi connectivity index (χ0v) is 12.8. The average molecular weight is 296 g/mol. The van der Waals surface area contributed by atoms with Crippen LogP contribution < -0.4 is 10.1 Å². The Balaban J connectivity index is 0.00000200. The first kappa shape index (κ1) is 16.5. The standard InChI is InChI=1S/C15H21N3O.ClH/c1-3-9-18-10-8-14(17-18)12-16-11-13-6-4-5-7-15(13)19-2;/h4-8,10,16H,3,9,11-12H2,1-2H3;1H. The Labute approximate surface area is 126 Å². The lowest BCUT2D eigenvalue weighted by Crippen LogP contribution is -2.14. The molecule has 1 aromatic heterocycles. The maximum absolute atomic E-state index is 5.32. The molecule has 1 N–H and O–H groups in total. The van der Waals surface area contributed by atoms with Crippen LogP contribution in [-0.2, 0) is 19.6 Å². The quantitative estimate of drug-likeness (QED) is 0.853. The number of nitrogens with zero attached hydrogens (tertiary/aromatic N) is 2. The normalized spacial score (nSPS) is 10.1. The number of ether oxygens (including phenoxy) is 1. The van der Waals surface area contributed by atoms with E-state index < -0.39 is 0 Å². The Hall–Kier alpha value is -1.52. The summed E-state index contributed by atoms with van der Waals surface area (Å²) in [5.74, 6) is 0.923. The van der Waals surface area contributed by atoms with E-state index in [2.05, 4.69) is 29.5 Å². The number of nitrogens with one attached hydrogen (secondary N) is 1. The minimum atomic E-state index is 0. The van der Waals surface area contributed by atoms with Crippen molar-refractivity contribution < 1.29 is 4.74 Å². The van der Waals surface area contributed by atoms with Crippen LogP contribution in [0.2, 0.25) is 0 Å². The first-order valence-electron chi connectivity index (χ1n) is 6.68. The Kier molecular flexibility index (Phi) is 7.12. The van der Waals surface area contributed by atoms with Gasteiger partial charge in [0, 0.05) is 31.4 Å². The third kappa shape index (κ3) is 4.54. The summed E-state index contributed by atoms with van der Waals surface area (Å²) < 4.78 is 7.31. The second-order valence-electron chi connectivity index (χ2n) is 4.49. The Morgan fingerprint density at radius 1 is 1.20 bits per heavy atom. The maximum Gasteiger partial charge on any atom is 0.123 e. The van der Waals surface area contributed by atoms with Gasteiger partial charge in [-0.25, -0.2) is 0 Å². The molecule has 0 radical (unpaired) electrons. The molecule has 0 spiro atoms. The van der Waals surface area contributed by atoms with Gasteiger partial charge in [0.2, 0.25) is 0 Å². The number of rotatable bonds is 7. The predicted molar refractivity (Wildman–Crippen MR) is 83.3 cm³/mol. The molecule has 2 rings (SSSR count). The van der Waals surface area contributed by atoms with Crippen LogP contribution in [-0.4, -0.2) is 16.9 Å². The molecule has 0 bridgehead atoms. The van der Waals surface area contributed by atoms with Gasteiger partial charge in [-0.2, -0.15) is 5.10 Å². The number of methoxy groups -OCH3 is 1. The van der Waals surface area contributed by atoms with Crippen LogP contribution in [0.15, 0.2) is 36.5 Å². The fraction of sp³-hybridized carbons (Fsp3) is 0.400. The number of para-hydroxylation sites is 1. The summed E-state index contributed by atoms with van der Waals surface area (Å²) in [4.78, 5) is 0. The molecule has 1 aromatic carbocycles. The fourth-order valence-electron chi connectivity index (χ4n) is 2.03. The van der Waals surface area contributed by atoms with Gasteiger partial charge in [0.1, 0.15) is 5.75 Å². The molecule has 0 unspecified atom stereocenters. The van der Waals surface area contributed by atoms with E-state index in [0.717, 1.165) is 43.1 Å². The van der Waals surface area contributed by atoms with Crippen molar-refractivity contribution in [3.8, 4) is 5.75 Å². The van der Waals surface area contributed by atoms with Crippen LogP contribution in [0.3, 0.4) is 0 Å². The van der Waals surface area contributed by atoms with Crippen molar-refractivity contribution in [1.82, 2.24) is 15.1 Å². The van der Waals surface area contributed by atoms with Crippen LogP contribution in [0.5, 0.6) is 5.75 Å². The largest absolute Gasteiger partial charge is 0.496 e. The summed E-state index contributed by atoms with van der Waals surface area (Å²) in [5.41, 5.74) is 2.24. The lowest BCUT2D eigenvalue weighted by atomic mass is 10.2. The van der Waals surface area contributed by atoms with Gasteiger partial charge >= 0.3 is 0 Å². The van der Waals surface area contributed by atoms with Crippen molar-refractivity contribution in [3.63, 3.8) is 0 Å². The van der Waals surface area contributed by atoms with Gasteiger partial charge < -0.3 is 10.1 Å². The van der Waals surface area contributed by atoms with Gasteiger partial charge in [0.25, 0.3) is 0 Å². The molecule has 4 nitrogen and oxygen atoms in total. The molecule has 0 aliphatic heterocycles. The Morgan fingerprint density at radius 2 is 2.00 bits per heavy atom. The van der Waals surface area contributed by atoms with E-state index >= 15 is 0 Å². The van der Waals surface area contributed by atoms with Crippen LogP contribution in [0, 0.1) is 0 Å². The minimum Gasteiger partial charge on any atom is -0.496 e. The van der Waals surface area contributed by atoms with Gasteiger partial charge in [-0.15, -0.1) is 12.4 Å². The van der Waals surface area contributed by atoms with Crippen LogP contribution >= 0.6 is 12.4 Å². The lowest BCUT2D eigenvalue weighted by molar-refractivity contribution is 0.407. The number of halogens is 1. The third-order valence-electron chi connectivity index (χ3n) is 2.96. The van der Waals surface area contributed by atoms with Gasteiger partial charge in [0.05, 0.1) is 12.8 Å². The summed E-state index contributed by atoms with van der Waals surface area (Å²) in [6, 6.07) is 10.1. The fourth-order valence-corrected chi connectivity index (χ4v) is 2.03. The second kappa shape index (κ2) is 8.61. The van der Waals surface area contributed by atoms with E-state index in [1.807, 2.05) is 29.1 Å². The van der Waals surface area contributed by atoms with Gasteiger partial charge in [-0.1, -0.05) is 25.1 Å². The molecule has 0 aliphatic rings. The molecule has 0 saturated carbocycles. The molecule has 20 heavy (non-hydrogen) atoms. The van der Waals surface area contributed by atoms with E-state index in [1.165, 1.54) is 0 Å². The monoisotopic (exact) mass is 295 g/mol. The molecule has 0 fully saturated rings. The zero-order chi connectivity index (χ0) is 13.5. The highest BCUT2D eigenvalue weighted by atomic mass is 35.5. The van der Waals surface area contributed by atoms with E-state index in [9.17, 15) is 0 Å². The second-order valence-corrected chi connectivity index (χ2v) is 4.49. The van der Waals surface area contributed by atoms with Crippen LogP contribution in [0.4, 0.5) is 0 Å². The molecule has 2 aromatic rings. The molecule has 0 saturated heterocycles. The van der Waals surface area contributed by atoms with Crippen molar-refractivity contribution in [2.45, 2.75) is 33.0 Å². The predicted octanol–water partition coefficient (Wildman–Crippen LogP) is 3.01. The van der Waals surface area contributed by atoms with Crippen LogP contribution in [0.1, 0.15) is 24.6 Å². The summed E-state index contributed by atoms with van der Waals surface area (Å²) in [5, 5.41) is 7.89. The summed E-state index contributed by atoms with van der Waals surface area (Å²) in [7, 11) is 1.70. The van der Waals surface area contributed by atoms with Crippen LogP contribution in [0.25, 0.3) is 0 Å². The molecular formula is C15H22ClN3O. The van der Waals surface area contributed by atoms with Gasteiger partial charge in [-0.05, 0) is 18.6 Å². The number of hydrogen-bond donors (Lipinski definition) is 1. The molecular weight excluding hydrogens is 274 g/mol. The highest BCUT2D eigenvalue weighted by Crippen LogP contribution is 2.16. The minimum absolute atomic E-state index is 0. The topological polar surface area (TPSA) is 39.1 Å². The molecule has 0 aliphatic carbocycles. The third-order valence-corrected chi connectivity index (χ3v) is 2.96. The average Bonchev–Trinajstić information content (AvgIpc) is 2.87. The Bertz CT molecular complexity index is 513. The maximum atomic E-state index is 5.32. The van der Waals surface area contributed by atoms with Crippen molar-refractivity contribution in [3.05, 3.63) is 47.8 Å². The first-order valence-corrected chi connectivity index (χ1v) is 6.68. The number of hydrogen-bond acceptors (Lipinski definition) is 3. The van der Waals surface area contributed by atoms with Crippen molar-refractivity contribution >= 4 is 12.4 Å². The van der Waals surface area contributed by atoms with E-state index in [0.29, 0.717) is 0 Å². The molecule has 1 heterocycles. The SMILES string of the molecule is CCCn1ccc(CNCc2ccccc2OC)n1.Cl. The van der Waals surface area contributed by atoms with Crippen molar-refractivity contribution in [1.29, 1.82) is 0 Å². The number of aryl methyl sites for hydroxylation is 1. The zero-order valence-electron chi connectivity index (χ0n) is 12.0. The summed E-state index contributed by atoms with van der Waals surface area (Å²) in [6.07, 6.45) is 3.14. The van der Waals surface area contributed by atoms with Crippen molar-refractivity contribution in [2.75, 3.05) is 7.11 Å². The molecule has 0 atom stereocenters. The summed E-state index contributed by atoms with van der Waals surface area (Å²) >= 11 is 0. The van der Waals surface area contributed by atoms with E-state index in [1.54, 1.807) is 7.11 Å². The first-order chi connectivity index (χ1) is 9.33.